The summed E-state index contributed by atoms with van der Waals surface area (Å²) >= 11 is 0. The van der Waals surface area contributed by atoms with E-state index in [2.05, 4.69) is 51.6 Å². The third-order valence-electron chi connectivity index (χ3n) is 3.80. The minimum Gasteiger partial charge on any atom is -1.00 e. The second-order valence-corrected chi connectivity index (χ2v) is 5.62. The largest absolute Gasteiger partial charge is 1.00 e. The Hall–Kier alpha value is -0.790. The maximum absolute atomic E-state index is 3.87. The van der Waals surface area contributed by atoms with Gasteiger partial charge in [-0.05, 0) is 30.9 Å². The highest BCUT2D eigenvalue weighted by Crippen LogP contribution is 2.19. The summed E-state index contributed by atoms with van der Waals surface area (Å²) in [6.45, 7) is 15.8. The Balaban J connectivity index is 0.00000361. The van der Waals surface area contributed by atoms with E-state index in [1.807, 2.05) is 6.08 Å². The molecular weight excluding hydrogens is 266 g/mol. The normalized spacial score (nSPS) is 10.9. The van der Waals surface area contributed by atoms with Crippen LogP contribution >= 0.6 is 0 Å². The zero-order valence-corrected chi connectivity index (χ0v) is 14.1. The van der Waals surface area contributed by atoms with Gasteiger partial charge in [0.05, 0.1) is 19.6 Å². The predicted octanol–water partition coefficient (Wildman–Crippen LogP) is 1.88. The van der Waals surface area contributed by atoms with Gasteiger partial charge >= 0.3 is 0 Å². The van der Waals surface area contributed by atoms with Crippen molar-refractivity contribution >= 4 is 6.08 Å². The van der Waals surface area contributed by atoms with Gasteiger partial charge < -0.3 is 16.9 Å². The van der Waals surface area contributed by atoms with Gasteiger partial charge in [-0.15, -0.1) is 0 Å². The first-order chi connectivity index (χ1) is 9.19. The molecule has 114 valence electrons. The average molecular weight is 296 g/mol. The summed E-state index contributed by atoms with van der Waals surface area (Å²) in [5.41, 5.74) is 2.69. The molecule has 2 heteroatoms. The van der Waals surface area contributed by atoms with Crippen LogP contribution in [0.4, 0.5) is 0 Å². The van der Waals surface area contributed by atoms with Crippen LogP contribution in [-0.4, -0.2) is 24.1 Å². The van der Waals surface area contributed by atoms with Crippen molar-refractivity contribution in [2.75, 3.05) is 19.6 Å². The second-order valence-electron chi connectivity index (χ2n) is 5.62. The van der Waals surface area contributed by atoms with Gasteiger partial charge in [0.2, 0.25) is 0 Å². The summed E-state index contributed by atoms with van der Waals surface area (Å²) < 4.78 is 1.24. The van der Waals surface area contributed by atoms with E-state index in [0.29, 0.717) is 0 Å². The Bertz CT molecular complexity index is 370. The first-order valence-electron chi connectivity index (χ1n) is 7.76. The number of hydrogen-bond donors (Lipinski definition) is 0. The fraction of sp³-hybridized carbons (Fsp3) is 0.556. The average Bonchev–Trinajstić information content (AvgIpc) is 2.40. The lowest BCUT2D eigenvalue weighted by atomic mass is 10.1. The van der Waals surface area contributed by atoms with Gasteiger partial charge in [-0.25, -0.2) is 0 Å². The van der Waals surface area contributed by atoms with Crippen molar-refractivity contribution in [3.05, 3.63) is 42.0 Å². The van der Waals surface area contributed by atoms with Crippen LogP contribution in [0.3, 0.4) is 0 Å². The van der Waals surface area contributed by atoms with Crippen molar-refractivity contribution in [3.8, 4) is 0 Å². The standard InChI is InChI=1S/C18H30N.ClH/c1-5-12-19(13-6-2,14-7-3)16-18-11-9-10-17(8-4)15-18;/h8-11,15H,4-7,12-14,16H2,1-3H3;1H/q+1;/p-1. The van der Waals surface area contributed by atoms with E-state index < -0.39 is 0 Å². The summed E-state index contributed by atoms with van der Waals surface area (Å²) in [5, 5.41) is 0. The first-order valence-corrected chi connectivity index (χ1v) is 7.76. The molecule has 0 saturated heterocycles. The van der Waals surface area contributed by atoms with E-state index in [-0.39, 0.29) is 12.4 Å². The summed E-state index contributed by atoms with van der Waals surface area (Å²) in [7, 11) is 0. The van der Waals surface area contributed by atoms with Gasteiger partial charge in [-0.1, -0.05) is 51.6 Å². The van der Waals surface area contributed by atoms with E-state index in [9.17, 15) is 0 Å². The van der Waals surface area contributed by atoms with Crippen LogP contribution in [-0.2, 0) is 6.54 Å². The van der Waals surface area contributed by atoms with Gasteiger partial charge in [-0.3, -0.25) is 0 Å². The number of rotatable bonds is 9. The molecule has 1 aromatic rings. The van der Waals surface area contributed by atoms with Gasteiger partial charge in [-0.2, -0.15) is 0 Å². The summed E-state index contributed by atoms with van der Waals surface area (Å²) in [5.74, 6) is 0. The molecule has 0 aromatic heterocycles. The minimum absolute atomic E-state index is 0. The third-order valence-corrected chi connectivity index (χ3v) is 3.80. The molecule has 0 fully saturated rings. The van der Waals surface area contributed by atoms with E-state index in [0.717, 1.165) is 6.54 Å². The lowest BCUT2D eigenvalue weighted by molar-refractivity contribution is -0.941. The Morgan fingerprint density at radius 1 is 1.00 bits per heavy atom. The molecule has 0 aliphatic heterocycles. The monoisotopic (exact) mass is 295 g/mol. The Morgan fingerprint density at radius 3 is 2.00 bits per heavy atom. The van der Waals surface area contributed by atoms with Crippen LogP contribution in [0.25, 0.3) is 6.08 Å². The van der Waals surface area contributed by atoms with Crippen LogP contribution in [0.1, 0.15) is 51.2 Å². The highest BCUT2D eigenvalue weighted by atomic mass is 35.5. The number of benzene rings is 1. The molecule has 0 aliphatic carbocycles. The molecular formula is C18H30ClN. The van der Waals surface area contributed by atoms with E-state index >= 15 is 0 Å². The SMILES string of the molecule is C=Cc1cccc(C[N+](CCC)(CCC)CCC)c1.[Cl-]. The lowest BCUT2D eigenvalue weighted by Gasteiger charge is -2.38. The number of halogens is 1. The second kappa shape index (κ2) is 10.0. The summed E-state index contributed by atoms with van der Waals surface area (Å²) in [6, 6.07) is 8.84. The smallest absolute Gasteiger partial charge is 0.104 e. The fourth-order valence-corrected chi connectivity index (χ4v) is 3.20. The van der Waals surface area contributed by atoms with Gasteiger partial charge in [0, 0.05) is 5.56 Å². The minimum atomic E-state index is 0. The summed E-state index contributed by atoms with van der Waals surface area (Å²) in [6.07, 6.45) is 5.74. The molecule has 0 heterocycles. The quantitative estimate of drug-likeness (QED) is 0.610. The molecule has 0 spiro atoms. The van der Waals surface area contributed by atoms with Crippen molar-refractivity contribution in [2.45, 2.75) is 46.6 Å². The number of nitrogens with zero attached hydrogens (tertiary/aromatic N) is 1. The van der Waals surface area contributed by atoms with Gasteiger partial charge in [0.15, 0.2) is 0 Å². The zero-order chi connectivity index (χ0) is 14.1. The number of hydrogen-bond acceptors (Lipinski definition) is 0. The molecule has 0 atom stereocenters. The molecule has 1 aromatic carbocycles. The first kappa shape index (κ1) is 19.2. The van der Waals surface area contributed by atoms with E-state index in [1.54, 1.807) is 0 Å². The maximum Gasteiger partial charge on any atom is 0.104 e. The zero-order valence-electron chi connectivity index (χ0n) is 13.4. The maximum atomic E-state index is 3.87. The molecule has 1 nitrogen and oxygen atoms in total. The van der Waals surface area contributed by atoms with Crippen molar-refractivity contribution in [3.63, 3.8) is 0 Å². The molecule has 0 aliphatic rings. The van der Waals surface area contributed by atoms with Crippen molar-refractivity contribution < 1.29 is 16.9 Å². The van der Waals surface area contributed by atoms with Crippen molar-refractivity contribution in [2.24, 2.45) is 0 Å². The summed E-state index contributed by atoms with van der Waals surface area (Å²) in [4.78, 5) is 0. The van der Waals surface area contributed by atoms with E-state index in [4.69, 9.17) is 0 Å². The van der Waals surface area contributed by atoms with Crippen LogP contribution in [0, 0.1) is 0 Å². The lowest BCUT2D eigenvalue weighted by Crippen LogP contribution is -3.00. The van der Waals surface area contributed by atoms with Crippen LogP contribution in [0.15, 0.2) is 30.8 Å². The molecule has 0 radical (unpaired) electrons. The van der Waals surface area contributed by atoms with Crippen LogP contribution in [0.2, 0.25) is 0 Å². The Labute approximate surface area is 131 Å². The van der Waals surface area contributed by atoms with Crippen LogP contribution < -0.4 is 12.4 Å². The number of quaternary nitrogens is 1. The highest BCUT2D eigenvalue weighted by molar-refractivity contribution is 5.47. The topological polar surface area (TPSA) is 0 Å². The molecule has 0 unspecified atom stereocenters. The molecule has 20 heavy (non-hydrogen) atoms. The van der Waals surface area contributed by atoms with Crippen molar-refractivity contribution in [1.29, 1.82) is 0 Å². The Morgan fingerprint density at radius 2 is 1.55 bits per heavy atom. The third kappa shape index (κ3) is 5.68. The molecule has 1 rings (SSSR count). The predicted molar refractivity (Wildman–Crippen MR) is 86.0 cm³/mol. The van der Waals surface area contributed by atoms with Gasteiger partial charge in [0.1, 0.15) is 6.54 Å². The molecule has 0 N–H and O–H groups in total. The van der Waals surface area contributed by atoms with E-state index in [1.165, 1.54) is 54.5 Å². The molecule has 0 bridgehead atoms. The molecule has 0 saturated carbocycles. The van der Waals surface area contributed by atoms with Crippen molar-refractivity contribution in [1.82, 2.24) is 0 Å². The van der Waals surface area contributed by atoms with Gasteiger partial charge in [0.25, 0.3) is 0 Å². The highest BCUT2D eigenvalue weighted by Gasteiger charge is 2.24. The molecule has 0 amide bonds. The fourth-order valence-electron chi connectivity index (χ4n) is 3.20. The van der Waals surface area contributed by atoms with Crippen LogP contribution in [0.5, 0.6) is 0 Å². The Kier molecular flexibility index (Phi) is 9.62.